The first-order chi connectivity index (χ1) is 13.4. The van der Waals surface area contributed by atoms with Crippen molar-refractivity contribution in [3.63, 3.8) is 0 Å². The number of non-ortho nitro benzene ring substituents is 1. The fourth-order valence-corrected chi connectivity index (χ4v) is 2.15. The maximum atomic E-state index is 11.9. The molecule has 2 aromatic rings. The van der Waals surface area contributed by atoms with Gasteiger partial charge in [0.25, 0.3) is 17.5 Å². The van der Waals surface area contributed by atoms with Gasteiger partial charge in [0, 0.05) is 17.7 Å². The van der Waals surface area contributed by atoms with Crippen molar-refractivity contribution >= 4 is 29.2 Å². The minimum Gasteiger partial charge on any atom is -0.495 e. The zero-order chi connectivity index (χ0) is 20.5. The number of nitro benzene ring substituents is 1. The van der Waals surface area contributed by atoms with Gasteiger partial charge in [-0.2, -0.15) is 0 Å². The summed E-state index contributed by atoms with van der Waals surface area (Å²) in [7, 11) is 1.45. The van der Waals surface area contributed by atoms with Crippen molar-refractivity contribution in [1.29, 1.82) is 0 Å². The van der Waals surface area contributed by atoms with Crippen molar-refractivity contribution < 1.29 is 28.8 Å². The molecule has 0 spiro atoms. The maximum absolute atomic E-state index is 11.9. The van der Waals surface area contributed by atoms with Crippen molar-refractivity contribution in [2.45, 2.75) is 0 Å². The summed E-state index contributed by atoms with van der Waals surface area (Å²) in [4.78, 5) is 45.6. The number of anilines is 1. The van der Waals surface area contributed by atoms with Gasteiger partial charge in [0.15, 0.2) is 6.61 Å². The molecule has 0 aromatic heterocycles. The Hall–Kier alpha value is -3.95. The molecule has 0 unspecified atom stereocenters. The third-order valence-corrected chi connectivity index (χ3v) is 3.46. The number of amides is 2. The van der Waals surface area contributed by atoms with E-state index in [0.717, 1.165) is 6.07 Å². The summed E-state index contributed by atoms with van der Waals surface area (Å²) in [6.45, 7) is -1.05. The molecule has 0 heterocycles. The van der Waals surface area contributed by atoms with E-state index >= 15 is 0 Å². The lowest BCUT2D eigenvalue weighted by Gasteiger charge is -2.10. The summed E-state index contributed by atoms with van der Waals surface area (Å²) in [5.41, 5.74) is 0.198. The van der Waals surface area contributed by atoms with Gasteiger partial charge in [0.2, 0.25) is 0 Å². The average molecular weight is 387 g/mol. The van der Waals surface area contributed by atoms with E-state index in [2.05, 4.69) is 10.6 Å². The minimum atomic E-state index is -0.839. The average Bonchev–Trinajstić information content (AvgIpc) is 2.70. The van der Waals surface area contributed by atoms with Gasteiger partial charge in [-0.25, -0.2) is 0 Å². The highest BCUT2D eigenvalue weighted by atomic mass is 16.6. The quantitative estimate of drug-likeness (QED) is 0.398. The molecule has 0 radical (unpaired) electrons. The van der Waals surface area contributed by atoms with Gasteiger partial charge < -0.3 is 20.1 Å². The Balaban J connectivity index is 1.79. The van der Waals surface area contributed by atoms with Crippen molar-refractivity contribution in [3.05, 3.63) is 64.2 Å². The molecule has 0 aliphatic rings. The largest absolute Gasteiger partial charge is 0.495 e. The van der Waals surface area contributed by atoms with E-state index < -0.39 is 35.9 Å². The monoisotopic (exact) mass is 387 g/mol. The lowest BCUT2D eigenvalue weighted by Crippen LogP contribution is -2.32. The third kappa shape index (κ3) is 5.80. The molecule has 0 aliphatic heterocycles. The number of hydrogen-bond donors (Lipinski definition) is 2. The van der Waals surface area contributed by atoms with E-state index in [1.165, 1.54) is 25.3 Å². The maximum Gasteiger partial charge on any atom is 0.325 e. The van der Waals surface area contributed by atoms with Gasteiger partial charge in [-0.1, -0.05) is 18.2 Å². The highest BCUT2D eigenvalue weighted by molar-refractivity contribution is 5.97. The molecule has 2 amide bonds. The van der Waals surface area contributed by atoms with Crippen LogP contribution >= 0.6 is 0 Å². The highest BCUT2D eigenvalue weighted by Crippen LogP contribution is 2.22. The van der Waals surface area contributed by atoms with Crippen LogP contribution in [-0.4, -0.2) is 43.0 Å². The van der Waals surface area contributed by atoms with Gasteiger partial charge in [-0.15, -0.1) is 0 Å². The Kier molecular flexibility index (Phi) is 7.03. The SMILES string of the molecule is COc1ccccc1NC(=O)COC(=O)CNC(=O)c1cccc([N+](=O)[O-])c1. The van der Waals surface area contributed by atoms with Crippen molar-refractivity contribution in [2.24, 2.45) is 0 Å². The van der Waals surface area contributed by atoms with Crippen LogP contribution in [0.15, 0.2) is 48.5 Å². The van der Waals surface area contributed by atoms with Crippen LogP contribution in [-0.2, 0) is 14.3 Å². The molecule has 2 rings (SSSR count). The van der Waals surface area contributed by atoms with Crippen molar-refractivity contribution in [3.8, 4) is 5.75 Å². The zero-order valence-corrected chi connectivity index (χ0v) is 14.8. The summed E-state index contributed by atoms with van der Waals surface area (Å²) in [5.74, 6) is -1.65. The zero-order valence-electron chi connectivity index (χ0n) is 14.8. The summed E-state index contributed by atoms with van der Waals surface area (Å²) < 4.78 is 9.87. The van der Waals surface area contributed by atoms with Crippen LogP contribution in [0.5, 0.6) is 5.75 Å². The van der Waals surface area contributed by atoms with E-state index in [9.17, 15) is 24.5 Å². The molecule has 146 valence electrons. The predicted molar refractivity (Wildman–Crippen MR) is 98.0 cm³/mol. The standard InChI is InChI=1S/C18H17N3O7/c1-27-15-8-3-2-7-14(15)20-16(22)11-28-17(23)10-19-18(24)12-5-4-6-13(9-12)21(25)26/h2-9H,10-11H2,1H3,(H,19,24)(H,20,22). The van der Waals surface area contributed by atoms with E-state index in [1.54, 1.807) is 24.3 Å². The normalized spacial score (nSPS) is 9.89. The number of nitrogens with one attached hydrogen (secondary N) is 2. The molecule has 0 atom stereocenters. The lowest BCUT2D eigenvalue weighted by atomic mass is 10.2. The minimum absolute atomic E-state index is 0.0240. The van der Waals surface area contributed by atoms with E-state index in [0.29, 0.717) is 11.4 Å². The van der Waals surface area contributed by atoms with Crippen LogP contribution in [0.2, 0.25) is 0 Å². The van der Waals surface area contributed by atoms with Gasteiger partial charge >= 0.3 is 5.97 Å². The molecule has 2 N–H and O–H groups in total. The smallest absolute Gasteiger partial charge is 0.325 e. The Morgan fingerprint density at radius 2 is 1.86 bits per heavy atom. The summed E-state index contributed by atoms with van der Waals surface area (Å²) in [6, 6.07) is 11.8. The van der Waals surface area contributed by atoms with Crippen LogP contribution < -0.4 is 15.4 Å². The lowest BCUT2D eigenvalue weighted by molar-refractivity contribution is -0.384. The molecule has 0 saturated heterocycles. The number of nitrogens with zero attached hydrogens (tertiary/aromatic N) is 1. The number of methoxy groups -OCH3 is 1. The number of ether oxygens (including phenoxy) is 2. The molecule has 10 heteroatoms. The van der Waals surface area contributed by atoms with Gasteiger partial charge in [-0.05, 0) is 18.2 Å². The van der Waals surface area contributed by atoms with E-state index in [-0.39, 0.29) is 11.3 Å². The fourth-order valence-electron chi connectivity index (χ4n) is 2.15. The first kappa shape index (κ1) is 20.4. The van der Waals surface area contributed by atoms with Crippen LogP contribution in [0.25, 0.3) is 0 Å². The van der Waals surface area contributed by atoms with E-state index in [1.807, 2.05) is 0 Å². The second kappa shape index (κ2) is 9.67. The number of rotatable bonds is 8. The topological polar surface area (TPSA) is 137 Å². The second-order valence-corrected chi connectivity index (χ2v) is 5.40. The summed E-state index contributed by atoms with van der Waals surface area (Å²) >= 11 is 0. The van der Waals surface area contributed by atoms with Crippen LogP contribution in [0, 0.1) is 10.1 Å². The number of hydrogen-bond acceptors (Lipinski definition) is 7. The fraction of sp³-hybridized carbons (Fsp3) is 0.167. The predicted octanol–water partition coefficient (Wildman–Crippen LogP) is 1.52. The van der Waals surface area contributed by atoms with Gasteiger partial charge in [0.1, 0.15) is 12.3 Å². The number of nitro groups is 1. The highest BCUT2D eigenvalue weighted by Gasteiger charge is 2.14. The van der Waals surface area contributed by atoms with Crippen molar-refractivity contribution in [1.82, 2.24) is 5.32 Å². The summed E-state index contributed by atoms with van der Waals surface area (Å²) in [5, 5.41) is 15.5. The molecule has 0 fully saturated rings. The Morgan fingerprint density at radius 1 is 1.11 bits per heavy atom. The third-order valence-electron chi connectivity index (χ3n) is 3.46. The molecule has 0 aliphatic carbocycles. The molecule has 0 saturated carbocycles. The first-order valence-electron chi connectivity index (χ1n) is 8.02. The molecule has 0 bridgehead atoms. The Labute approximate surface area is 159 Å². The molecule has 10 nitrogen and oxygen atoms in total. The van der Waals surface area contributed by atoms with Gasteiger partial charge in [0.05, 0.1) is 17.7 Å². The number of esters is 1. The van der Waals surface area contributed by atoms with Crippen molar-refractivity contribution in [2.75, 3.05) is 25.6 Å². The van der Waals surface area contributed by atoms with Crippen LogP contribution in [0.1, 0.15) is 10.4 Å². The van der Waals surface area contributed by atoms with Crippen LogP contribution in [0.3, 0.4) is 0 Å². The summed E-state index contributed by atoms with van der Waals surface area (Å²) in [6.07, 6.45) is 0. The Bertz CT molecular complexity index is 898. The first-order valence-corrected chi connectivity index (χ1v) is 8.02. The van der Waals surface area contributed by atoms with Gasteiger partial charge in [-0.3, -0.25) is 24.5 Å². The number of carbonyl (C=O) groups excluding carboxylic acids is 3. The molecular weight excluding hydrogens is 370 g/mol. The van der Waals surface area contributed by atoms with Crippen LogP contribution in [0.4, 0.5) is 11.4 Å². The molecule has 2 aromatic carbocycles. The number of carbonyl (C=O) groups is 3. The second-order valence-electron chi connectivity index (χ2n) is 5.40. The number of para-hydroxylation sites is 2. The molecular formula is C18H17N3O7. The van der Waals surface area contributed by atoms with E-state index in [4.69, 9.17) is 9.47 Å². The number of benzene rings is 2. The Morgan fingerprint density at radius 3 is 2.57 bits per heavy atom. The molecule has 28 heavy (non-hydrogen) atoms.